The molecule has 0 aliphatic heterocycles. The molecule has 0 aliphatic rings. The molecular formula is C16H13N3. The summed E-state index contributed by atoms with van der Waals surface area (Å²) in [4.78, 5) is 9.53. The Morgan fingerprint density at radius 1 is 0.947 bits per heavy atom. The minimum atomic E-state index is 0.942. The maximum absolute atomic E-state index is 4.78. The van der Waals surface area contributed by atoms with Crippen molar-refractivity contribution in [2.45, 2.75) is 6.92 Å². The average Bonchev–Trinajstić information content (AvgIpc) is 2.69. The Bertz CT molecular complexity index is 935. The van der Waals surface area contributed by atoms with Crippen LogP contribution in [-0.4, -0.2) is 14.5 Å². The van der Waals surface area contributed by atoms with Crippen molar-refractivity contribution in [3.05, 3.63) is 48.0 Å². The van der Waals surface area contributed by atoms with Gasteiger partial charge in [0.15, 0.2) is 5.65 Å². The maximum atomic E-state index is 4.78. The van der Waals surface area contributed by atoms with Gasteiger partial charge < -0.3 is 4.57 Å². The number of rotatable bonds is 0. The third-order valence-electron chi connectivity index (χ3n) is 3.64. The monoisotopic (exact) mass is 247 g/mol. The summed E-state index contributed by atoms with van der Waals surface area (Å²) in [6.07, 6.45) is 0. The number of para-hydroxylation sites is 2. The van der Waals surface area contributed by atoms with E-state index in [0.29, 0.717) is 0 Å². The van der Waals surface area contributed by atoms with Crippen molar-refractivity contribution in [3.63, 3.8) is 0 Å². The van der Waals surface area contributed by atoms with E-state index < -0.39 is 0 Å². The molecule has 19 heavy (non-hydrogen) atoms. The summed E-state index contributed by atoms with van der Waals surface area (Å²) in [7, 11) is 2.05. The fourth-order valence-electron chi connectivity index (χ4n) is 2.65. The van der Waals surface area contributed by atoms with Gasteiger partial charge in [-0.1, -0.05) is 23.8 Å². The molecule has 2 aromatic heterocycles. The lowest BCUT2D eigenvalue weighted by Gasteiger charge is -1.98. The molecule has 0 fully saturated rings. The van der Waals surface area contributed by atoms with E-state index in [-0.39, 0.29) is 0 Å². The molecule has 92 valence electrons. The van der Waals surface area contributed by atoms with E-state index in [1.54, 1.807) is 0 Å². The molecule has 0 unspecified atom stereocenters. The normalized spacial score (nSPS) is 11.7. The van der Waals surface area contributed by atoms with Crippen molar-refractivity contribution < 1.29 is 0 Å². The number of aromatic nitrogens is 3. The molecule has 3 nitrogen and oxygen atoms in total. The summed E-state index contributed by atoms with van der Waals surface area (Å²) in [6, 6.07) is 14.5. The molecule has 0 radical (unpaired) electrons. The van der Waals surface area contributed by atoms with Crippen LogP contribution in [-0.2, 0) is 7.05 Å². The standard InChI is InChI=1S/C16H13N3/c1-10-7-8-14-11(9-10)15-16(19(14)2)18-13-6-4-3-5-12(13)17-15/h3-9H,1-2H3. The molecule has 0 bridgehead atoms. The number of aryl methyl sites for hydroxylation is 2. The first-order chi connectivity index (χ1) is 9.24. The second-order valence-corrected chi connectivity index (χ2v) is 4.96. The third kappa shape index (κ3) is 1.38. The van der Waals surface area contributed by atoms with Gasteiger partial charge in [0.1, 0.15) is 5.52 Å². The summed E-state index contributed by atoms with van der Waals surface area (Å²) in [5.74, 6) is 0. The first-order valence-corrected chi connectivity index (χ1v) is 6.35. The van der Waals surface area contributed by atoms with Gasteiger partial charge in [0.25, 0.3) is 0 Å². The fourth-order valence-corrected chi connectivity index (χ4v) is 2.65. The zero-order chi connectivity index (χ0) is 13.0. The molecule has 0 atom stereocenters. The highest BCUT2D eigenvalue weighted by atomic mass is 15.0. The quantitative estimate of drug-likeness (QED) is 0.475. The molecule has 4 aromatic rings. The molecule has 0 aliphatic carbocycles. The Morgan fingerprint density at radius 2 is 1.68 bits per heavy atom. The van der Waals surface area contributed by atoms with E-state index in [4.69, 9.17) is 9.97 Å². The Morgan fingerprint density at radius 3 is 2.47 bits per heavy atom. The zero-order valence-electron chi connectivity index (χ0n) is 10.9. The Hall–Kier alpha value is -2.42. The van der Waals surface area contributed by atoms with Crippen LogP contribution < -0.4 is 0 Å². The van der Waals surface area contributed by atoms with E-state index in [2.05, 4.69) is 29.7 Å². The zero-order valence-corrected chi connectivity index (χ0v) is 10.9. The van der Waals surface area contributed by atoms with E-state index in [0.717, 1.165) is 22.2 Å². The molecule has 0 amide bonds. The van der Waals surface area contributed by atoms with Crippen LogP contribution in [0.1, 0.15) is 5.56 Å². The van der Waals surface area contributed by atoms with Crippen LogP contribution in [0.3, 0.4) is 0 Å². The van der Waals surface area contributed by atoms with Crippen LogP contribution in [0.4, 0.5) is 0 Å². The maximum Gasteiger partial charge on any atom is 0.160 e. The Labute approximate surface area is 110 Å². The third-order valence-corrected chi connectivity index (χ3v) is 3.64. The summed E-state index contributed by atoms with van der Waals surface area (Å²) < 4.78 is 2.11. The van der Waals surface area contributed by atoms with Gasteiger partial charge in [0.05, 0.1) is 16.6 Å². The molecule has 2 heterocycles. The van der Waals surface area contributed by atoms with E-state index in [9.17, 15) is 0 Å². The largest absolute Gasteiger partial charge is 0.327 e. The van der Waals surface area contributed by atoms with Gasteiger partial charge >= 0.3 is 0 Å². The lowest BCUT2D eigenvalue weighted by molar-refractivity contribution is 0.992. The van der Waals surface area contributed by atoms with Gasteiger partial charge in [-0.05, 0) is 31.2 Å². The Kier molecular flexibility index (Phi) is 1.96. The van der Waals surface area contributed by atoms with Crippen molar-refractivity contribution in [2.75, 3.05) is 0 Å². The van der Waals surface area contributed by atoms with Crippen LogP contribution in [0, 0.1) is 6.92 Å². The van der Waals surface area contributed by atoms with Crippen molar-refractivity contribution >= 4 is 33.1 Å². The van der Waals surface area contributed by atoms with E-state index >= 15 is 0 Å². The summed E-state index contributed by atoms with van der Waals surface area (Å²) in [5.41, 5.74) is 6.24. The number of hydrogen-bond acceptors (Lipinski definition) is 2. The number of benzene rings is 2. The highest BCUT2D eigenvalue weighted by molar-refractivity contribution is 6.06. The molecule has 4 rings (SSSR count). The van der Waals surface area contributed by atoms with Crippen LogP contribution in [0.2, 0.25) is 0 Å². The fraction of sp³-hybridized carbons (Fsp3) is 0.125. The van der Waals surface area contributed by atoms with Crippen LogP contribution >= 0.6 is 0 Å². The molecule has 0 N–H and O–H groups in total. The van der Waals surface area contributed by atoms with E-state index in [1.807, 2.05) is 31.3 Å². The number of fused-ring (bicyclic) bond motifs is 4. The van der Waals surface area contributed by atoms with E-state index in [1.165, 1.54) is 16.5 Å². The minimum Gasteiger partial charge on any atom is -0.327 e. The second kappa shape index (κ2) is 3.54. The van der Waals surface area contributed by atoms with Crippen LogP contribution in [0.5, 0.6) is 0 Å². The second-order valence-electron chi connectivity index (χ2n) is 4.96. The molecule has 0 saturated heterocycles. The van der Waals surface area contributed by atoms with Gasteiger partial charge in [-0.15, -0.1) is 0 Å². The first-order valence-electron chi connectivity index (χ1n) is 6.35. The van der Waals surface area contributed by atoms with Gasteiger partial charge in [0, 0.05) is 12.4 Å². The molecule has 3 heteroatoms. The van der Waals surface area contributed by atoms with Gasteiger partial charge in [0.2, 0.25) is 0 Å². The van der Waals surface area contributed by atoms with Gasteiger partial charge in [-0.2, -0.15) is 0 Å². The predicted octanol–water partition coefficient (Wildman–Crippen LogP) is 3.58. The lowest BCUT2D eigenvalue weighted by Crippen LogP contribution is -1.91. The summed E-state index contributed by atoms with van der Waals surface area (Å²) in [6.45, 7) is 2.10. The van der Waals surface area contributed by atoms with Crippen molar-refractivity contribution in [1.82, 2.24) is 14.5 Å². The summed E-state index contributed by atoms with van der Waals surface area (Å²) in [5, 5.41) is 1.18. The highest BCUT2D eigenvalue weighted by Gasteiger charge is 2.11. The van der Waals surface area contributed by atoms with Crippen molar-refractivity contribution in [1.29, 1.82) is 0 Å². The van der Waals surface area contributed by atoms with Gasteiger partial charge in [-0.25, -0.2) is 9.97 Å². The lowest BCUT2D eigenvalue weighted by atomic mass is 10.1. The SMILES string of the molecule is Cc1ccc2c(c1)c1nc3ccccc3nc1n2C. The van der Waals surface area contributed by atoms with Crippen molar-refractivity contribution in [3.8, 4) is 0 Å². The smallest absolute Gasteiger partial charge is 0.160 e. The molecule has 0 spiro atoms. The molecular weight excluding hydrogens is 234 g/mol. The molecule has 2 aromatic carbocycles. The average molecular weight is 247 g/mol. The van der Waals surface area contributed by atoms with Crippen LogP contribution in [0.15, 0.2) is 42.5 Å². The summed E-state index contributed by atoms with van der Waals surface area (Å²) >= 11 is 0. The predicted molar refractivity (Wildman–Crippen MR) is 78.3 cm³/mol. The number of nitrogens with zero attached hydrogens (tertiary/aromatic N) is 3. The van der Waals surface area contributed by atoms with Crippen LogP contribution in [0.25, 0.3) is 33.1 Å². The Balaban J connectivity index is 2.30. The minimum absolute atomic E-state index is 0.942. The van der Waals surface area contributed by atoms with Crippen molar-refractivity contribution in [2.24, 2.45) is 7.05 Å². The first kappa shape index (κ1) is 10.5. The van der Waals surface area contributed by atoms with Gasteiger partial charge in [-0.3, -0.25) is 0 Å². The molecule has 0 saturated carbocycles. The number of hydrogen-bond donors (Lipinski definition) is 0. The topological polar surface area (TPSA) is 30.7 Å². The highest BCUT2D eigenvalue weighted by Crippen LogP contribution is 2.27.